The average Bonchev–Trinajstić information content (AvgIpc) is 2.52. The molecule has 13 heavy (non-hydrogen) atoms. The fourth-order valence-corrected chi connectivity index (χ4v) is 1.38. The van der Waals surface area contributed by atoms with E-state index in [4.69, 9.17) is 11.3 Å². The van der Waals surface area contributed by atoms with Crippen molar-refractivity contribution in [1.82, 2.24) is 10.4 Å². The van der Waals surface area contributed by atoms with E-state index in [1.807, 2.05) is 7.05 Å². The van der Waals surface area contributed by atoms with Gasteiger partial charge in [-0.1, -0.05) is 5.92 Å². The number of likely N-dealkylation sites (tertiary alicyclic amines) is 1. The first-order valence-corrected chi connectivity index (χ1v) is 4.27. The Hall–Kier alpha value is -1.05. The Labute approximate surface area is 78.2 Å². The van der Waals surface area contributed by atoms with E-state index in [1.165, 1.54) is 0 Å². The van der Waals surface area contributed by atoms with Crippen molar-refractivity contribution < 1.29 is 9.63 Å². The van der Waals surface area contributed by atoms with Crippen LogP contribution in [0.2, 0.25) is 0 Å². The molecular formula is C9H14N2O2. The summed E-state index contributed by atoms with van der Waals surface area (Å²) in [6.45, 7) is 1.88. The summed E-state index contributed by atoms with van der Waals surface area (Å²) < 4.78 is 0. The Morgan fingerprint density at radius 3 is 3.15 bits per heavy atom. The molecule has 1 saturated heterocycles. The number of rotatable bonds is 3. The second-order valence-corrected chi connectivity index (χ2v) is 3.21. The van der Waals surface area contributed by atoms with E-state index in [0.29, 0.717) is 0 Å². The Balaban J connectivity index is 2.21. The summed E-state index contributed by atoms with van der Waals surface area (Å²) >= 11 is 0. The van der Waals surface area contributed by atoms with Crippen molar-refractivity contribution in [2.24, 2.45) is 5.92 Å². The lowest BCUT2D eigenvalue weighted by Gasteiger charge is -2.09. The van der Waals surface area contributed by atoms with Gasteiger partial charge in [0.2, 0.25) is 5.91 Å². The summed E-state index contributed by atoms with van der Waals surface area (Å²) in [5.41, 5.74) is 2.34. The molecule has 0 aromatic carbocycles. The molecule has 0 saturated carbocycles. The maximum atomic E-state index is 11.3. The number of amides is 1. The quantitative estimate of drug-likeness (QED) is 0.367. The molecular weight excluding hydrogens is 168 g/mol. The summed E-state index contributed by atoms with van der Waals surface area (Å²) in [5, 5.41) is 0. The van der Waals surface area contributed by atoms with E-state index in [0.717, 1.165) is 19.5 Å². The zero-order valence-corrected chi connectivity index (χ0v) is 7.75. The molecule has 1 fully saturated rings. The molecule has 1 N–H and O–H groups in total. The van der Waals surface area contributed by atoms with Gasteiger partial charge in [-0.3, -0.25) is 9.63 Å². The molecule has 0 bridgehead atoms. The molecule has 1 rings (SSSR count). The van der Waals surface area contributed by atoms with E-state index in [9.17, 15) is 4.79 Å². The first-order chi connectivity index (χ1) is 6.24. The van der Waals surface area contributed by atoms with Crippen LogP contribution < -0.4 is 5.48 Å². The highest BCUT2D eigenvalue weighted by Gasteiger charge is 2.25. The van der Waals surface area contributed by atoms with Crippen molar-refractivity contribution >= 4 is 5.91 Å². The number of carbonyl (C=O) groups excluding carboxylic acids is 1. The van der Waals surface area contributed by atoms with Gasteiger partial charge in [0.1, 0.15) is 6.61 Å². The fourth-order valence-electron chi connectivity index (χ4n) is 1.38. The maximum Gasteiger partial charge on any atom is 0.248 e. The lowest BCUT2D eigenvalue weighted by molar-refractivity contribution is -0.136. The van der Waals surface area contributed by atoms with Gasteiger partial charge in [0.15, 0.2) is 0 Å². The van der Waals surface area contributed by atoms with Crippen LogP contribution in [0.5, 0.6) is 0 Å². The Kier molecular flexibility index (Phi) is 3.74. The molecule has 1 atom stereocenters. The Morgan fingerprint density at radius 2 is 2.62 bits per heavy atom. The minimum absolute atomic E-state index is 0.0442. The van der Waals surface area contributed by atoms with Gasteiger partial charge in [0.25, 0.3) is 0 Å². The molecule has 1 aliphatic rings. The third kappa shape index (κ3) is 3.05. The number of hydrogen-bond donors (Lipinski definition) is 1. The van der Waals surface area contributed by atoms with Gasteiger partial charge in [-0.25, -0.2) is 5.48 Å². The van der Waals surface area contributed by atoms with Crippen LogP contribution in [0.25, 0.3) is 0 Å². The van der Waals surface area contributed by atoms with Crippen molar-refractivity contribution in [3.63, 3.8) is 0 Å². The average molecular weight is 182 g/mol. The molecule has 0 aliphatic carbocycles. The number of hydrogen-bond acceptors (Lipinski definition) is 3. The van der Waals surface area contributed by atoms with Gasteiger partial charge >= 0.3 is 0 Å². The van der Waals surface area contributed by atoms with Crippen LogP contribution >= 0.6 is 0 Å². The van der Waals surface area contributed by atoms with E-state index < -0.39 is 0 Å². The van der Waals surface area contributed by atoms with Gasteiger partial charge in [-0.2, -0.15) is 0 Å². The topological polar surface area (TPSA) is 41.6 Å². The van der Waals surface area contributed by atoms with Crippen LogP contribution in [0, 0.1) is 18.3 Å². The van der Waals surface area contributed by atoms with Crippen LogP contribution in [-0.4, -0.2) is 37.6 Å². The minimum atomic E-state index is -0.0698. The number of hydroxylamine groups is 1. The third-order valence-corrected chi connectivity index (χ3v) is 2.09. The summed E-state index contributed by atoms with van der Waals surface area (Å²) in [6, 6.07) is 0. The maximum absolute atomic E-state index is 11.3. The molecule has 72 valence electrons. The van der Waals surface area contributed by atoms with E-state index in [-0.39, 0.29) is 18.4 Å². The van der Waals surface area contributed by atoms with Gasteiger partial charge in [0, 0.05) is 6.54 Å². The molecule has 4 nitrogen and oxygen atoms in total. The first kappa shape index (κ1) is 10.0. The molecule has 1 aliphatic heterocycles. The molecule has 1 unspecified atom stereocenters. The van der Waals surface area contributed by atoms with Crippen LogP contribution in [0.3, 0.4) is 0 Å². The highest BCUT2D eigenvalue weighted by atomic mass is 16.6. The molecule has 0 aromatic heterocycles. The van der Waals surface area contributed by atoms with Crippen molar-refractivity contribution in [3.05, 3.63) is 0 Å². The van der Waals surface area contributed by atoms with E-state index in [1.54, 1.807) is 0 Å². The second kappa shape index (κ2) is 4.85. The van der Waals surface area contributed by atoms with Gasteiger partial charge in [-0.05, 0) is 20.0 Å². The van der Waals surface area contributed by atoms with Crippen molar-refractivity contribution in [2.45, 2.75) is 6.42 Å². The highest BCUT2D eigenvalue weighted by Crippen LogP contribution is 2.13. The normalized spacial score (nSPS) is 22.6. The largest absolute Gasteiger partial charge is 0.306 e. The lowest BCUT2D eigenvalue weighted by atomic mass is 10.1. The minimum Gasteiger partial charge on any atom is -0.306 e. The van der Waals surface area contributed by atoms with Crippen molar-refractivity contribution in [1.29, 1.82) is 0 Å². The third-order valence-electron chi connectivity index (χ3n) is 2.09. The second-order valence-electron chi connectivity index (χ2n) is 3.21. The van der Waals surface area contributed by atoms with Crippen LogP contribution in [0.1, 0.15) is 6.42 Å². The number of nitrogens with one attached hydrogen (secondary N) is 1. The predicted molar refractivity (Wildman–Crippen MR) is 48.5 cm³/mol. The summed E-state index contributed by atoms with van der Waals surface area (Å²) in [7, 11) is 2.00. The van der Waals surface area contributed by atoms with E-state index in [2.05, 4.69) is 16.3 Å². The molecule has 1 amide bonds. The molecule has 0 aromatic rings. The van der Waals surface area contributed by atoms with Crippen molar-refractivity contribution in [3.8, 4) is 12.3 Å². The monoisotopic (exact) mass is 182 g/mol. The van der Waals surface area contributed by atoms with Gasteiger partial charge in [0.05, 0.1) is 5.92 Å². The fraction of sp³-hybridized carbons (Fsp3) is 0.667. The first-order valence-electron chi connectivity index (χ1n) is 4.27. The molecule has 4 heteroatoms. The van der Waals surface area contributed by atoms with Crippen molar-refractivity contribution in [2.75, 3.05) is 26.7 Å². The molecule has 0 radical (unpaired) electrons. The molecule has 1 heterocycles. The van der Waals surface area contributed by atoms with Crippen LogP contribution in [0.15, 0.2) is 0 Å². The predicted octanol–water partition coefficient (Wildman–Crippen LogP) is -0.381. The summed E-state index contributed by atoms with van der Waals surface area (Å²) in [5.74, 6) is 2.25. The summed E-state index contributed by atoms with van der Waals surface area (Å²) in [6.07, 6.45) is 5.85. The Bertz CT molecular complexity index is 222. The zero-order valence-electron chi connectivity index (χ0n) is 7.75. The zero-order chi connectivity index (χ0) is 9.68. The Morgan fingerprint density at radius 1 is 1.85 bits per heavy atom. The van der Waals surface area contributed by atoms with Gasteiger partial charge < -0.3 is 4.90 Å². The smallest absolute Gasteiger partial charge is 0.248 e. The number of nitrogens with zero attached hydrogens (tertiary/aromatic N) is 1. The lowest BCUT2D eigenvalue weighted by Crippen LogP contribution is -2.32. The standard InChI is InChI=1S/C9H14N2O2/c1-3-6-13-10-9(12)8-4-5-11(2)7-8/h1,8H,4-7H2,2H3,(H,10,12). The summed E-state index contributed by atoms with van der Waals surface area (Å²) in [4.78, 5) is 18.2. The number of terminal acetylenes is 1. The number of carbonyl (C=O) groups is 1. The van der Waals surface area contributed by atoms with E-state index >= 15 is 0 Å². The van der Waals surface area contributed by atoms with Gasteiger partial charge in [-0.15, -0.1) is 6.42 Å². The molecule has 0 spiro atoms. The van der Waals surface area contributed by atoms with Crippen LogP contribution in [-0.2, 0) is 9.63 Å². The SMILES string of the molecule is C#CCONC(=O)C1CCN(C)C1. The van der Waals surface area contributed by atoms with Crippen LogP contribution in [0.4, 0.5) is 0 Å². The highest BCUT2D eigenvalue weighted by molar-refractivity contribution is 5.78.